The predicted molar refractivity (Wildman–Crippen MR) is 154 cm³/mol. The zero-order chi connectivity index (χ0) is 25.0. The molecule has 2 saturated carbocycles. The molecule has 2 fully saturated rings. The zero-order valence-corrected chi connectivity index (χ0v) is 23.0. The molecule has 36 heavy (non-hydrogen) atoms. The van der Waals surface area contributed by atoms with E-state index in [1.807, 2.05) is 0 Å². The van der Waals surface area contributed by atoms with Crippen LogP contribution >= 0.6 is 0 Å². The van der Waals surface area contributed by atoms with Crippen LogP contribution < -0.4 is 0 Å². The molecular weight excluding hydrogens is 439 g/mol. The molecule has 0 bridgehead atoms. The molecule has 2 aliphatic rings. The second kappa shape index (κ2) is 14.9. The highest BCUT2D eigenvalue weighted by molar-refractivity contribution is 5.64. The van der Waals surface area contributed by atoms with Gasteiger partial charge in [-0.15, -0.1) is 0 Å². The maximum Gasteiger partial charge on any atom is 0.0894 e. The number of hydrogen-bond donors (Lipinski definition) is 0. The molecule has 0 atom stereocenters. The predicted octanol–water partition coefficient (Wildman–Crippen LogP) is 11.1. The summed E-state index contributed by atoms with van der Waals surface area (Å²) in [6.07, 6.45) is 23.0. The number of benzene rings is 2. The molecule has 0 aromatic heterocycles. The van der Waals surface area contributed by atoms with Crippen LogP contribution in [0.15, 0.2) is 48.5 Å². The van der Waals surface area contributed by atoms with Crippen LogP contribution in [0.5, 0.6) is 0 Å². The molecule has 0 N–H and O–H groups in total. The summed E-state index contributed by atoms with van der Waals surface area (Å²) in [5.74, 6) is 3.81. The lowest BCUT2D eigenvalue weighted by Gasteiger charge is -2.32. The van der Waals surface area contributed by atoms with E-state index in [1.165, 1.54) is 107 Å². The first-order valence-corrected chi connectivity index (χ1v) is 15.5. The van der Waals surface area contributed by atoms with Crippen LogP contribution in [0.1, 0.15) is 127 Å². The lowest BCUT2D eigenvalue weighted by molar-refractivity contribution is 0.222. The average Bonchev–Trinajstić information content (AvgIpc) is 2.94. The van der Waals surface area contributed by atoms with Gasteiger partial charge in [0.1, 0.15) is 0 Å². The molecule has 1 heteroatoms. The van der Waals surface area contributed by atoms with E-state index in [-0.39, 0.29) is 6.67 Å². The first kappa shape index (κ1) is 27.4. The maximum atomic E-state index is 12.3. The number of aryl methyl sites for hydroxylation is 1. The molecular formula is C35H51F. The fourth-order valence-corrected chi connectivity index (χ4v) is 6.98. The fraction of sp³-hybridized carbons (Fsp3) is 0.657. The Morgan fingerprint density at radius 1 is 0.583 bits per heavy atom. The van der Waals surface area contributed by atoms with Crippen molar-refractivity contribution in [3.63, 3.8) is 0 Å². The number of hydrogen-bond acceptors (Lipinski definition) is 0. The highest BCUT2D eigenvalue weighted by atomic mass is 19.1. The molecule has 0 spiro atoms. The molecule has 198 valence electrons. The quantitative estimate of drug-likeness (QED) is 0.245. The monoisotopic (exact) mass is 490 g/mol. The molecule has 0 amide bonds. The van der Waals surface area contributed by atoms with Crippen molar-refractivity contribution in [2.45, 2.75) is 122 Å². The standard InChI is InChI=1S/C35H51F/c1-2-3-4-7-28-9-11-30(12-10-28)13-14-31-17-21-33(22-18-31)35-25-23-34(24-26-35)32-19-15-29(16-20-32)8-5-6-27-36/h15-16,19-20,23-26,28,30-31,33H,2-14,17-18,21-22,27H2,1H3. The average molecular weight is 491 g/mol. The van der Waals surface area contributed by atoms with Gasteiger partial charge in [0.15, 0.2) is 0 Å². The van der Waals surface area contributed by atoms with Crippen molar-refractivity contribution in [2.24, 2.45) is 17.8 Å². The Balaban J connectivity index is 1.15. The molecule has 0 aliphatic heterocycles. The van der Waals surface area contributed by atoms with Gasteiger partial charge in [0.2, 0.25) is 0 Å². The Hall–Kier alpha value is -1.63. The molecule has 0 radical (unpaired) electrons. The molecule has 2 aliphatic carbocycles. The molecule has 0 saturated heterocycles. The van der Waals surface area contributed by atoms with Crippen LogP contribution in [-0.4, -0.2) is 6.67 Å². The van der Waals surface area contributed by atoms with Crippen molar-refractivity contribution >= 4 is 0 Å². The van der Waals surface area contributed by atoms with Gasteiger partial charge in [0, 0.05) is 0 Å². The van der Waals surface area contributed by atoms with Crippen LogP contribution in [-0.2, 0) is 6.42 Å². The van der Waals surface area contributed by atoms with Crippen molar-refractivity contribution in [1.82, 2.24) is 0 Å². The van der Waals surface area contributed by atoms with Gasteiger partial charge in [-0.1, -0.05) is 120 Å². The zero-order valence-electron chi connectivity index (χ0n) is 23.0. The number of halogens is 1. The van der Waals surface area contributed by atoms with E-state index in [9.17, 15) is 4.39 Å². The van der Waals surface area contributed by atoms with Crippen molar-refractivity contribution in [1.29, 1.82) is 0 Å². The minimum atomic E-state index is -0.202. The van der Waals surface area contributed by atoms with Crippen molar-refractivity contribution in [2.75, 3.05) is 6.67 Å². The number of unbranched alkanes of at least 4 members (excludes halogenated alkanes) is 3. The lowest BCUT2D eigenvalue weighted by atomic mass is 9.74. The fourth-order valence-electron chi connectivity index (χ4n) is 6.98. The van der Waals surface area contributed by atoms with Gasteiger partial charge in [-0.2, -0.15) is 0 Å². The van der Waals surface area contributed by atoms with Crippen LogP contribution in [0.2, 0.25) is 0 Å². The Labute approximate surface area is 221 Å². The van der Waals surface area contributed by atoms with Gasteiger partial charge < -0.3 is 0 Å². The van der Waals surface area contributed by atoms with Crippen molar-refractivity contribution < 1.29 is 4.39 Å². The van der Waals surface area contributed by atoms with Gasteiger partial charge >= 0.3 is 0 Å². The highest BCUT2D eigenvalue weighted by Crippen LogP contribution is 2.40. The van der Waals surface area contributed by atoms with Gasteiger partial charge in [-0.3, -0.25) is 4.39 Å². The SMILES string of the molecule is CCCCCC1CCC(CCC2CCC(c3ccc(-c4ccc(CCCCF)cc4)cc3)CC2)CC1. The molecule has 0 heterocycles. The summed E-state index contributed by atoms with van der Waals surface area (Å²) in [4.78, 5) is 0. The van der Waals surface area contributed by atoms with E-state index >= 15 is 0 Å². The molecule has 0 unspecified atom stereocenters. The summed E-state index contributed by atoms with van der Waals surface area (Å²) in [6, 6.07) is 18.3. The van der Waals surface area contributed by atoms with Gasteiger partial charge in [-0.05, 0) is 90.9 Å². The van der Waals surface area contributed by atoms with E-state index in [0.29, 0.717) is 6.42 Å². The normalized spacial score (nSPS) is 24.6. The van der Waals surface area contributed by atoms with E-state index in [4.69, 9.17) is 0 Å². The largest absolute Gasteiger partial charge is 0.251 e. The van der Waals surface area contributed by atoms with E-state index in [0.717, 1.165) is 36.5 Å². The molecule has 2 aromatic rings. The second-order valence-corrected chi connectivity index (χ2v) is 12.1. The minimum Gasteiger partial charge on any atom is -0.251 e. The third kappa shape index (κ3) is 8.46. The van der Waals surface area contributed by atoms with E-state index < -0.39 is 0 Å². The van der Waals surface area contributed by atoms with Gasteiger partial charge in [-0.25, -0.2) is 0 Å². The van der Waals surface area contributed by atoms with Gasteiger partial charge in [0.05, 0.1) is 6.67 Å². The second-order valence-electron chi connectivity index (χ2n) is 12.1. The number of rotatable bonds is 13. The van der Waals surface area contributed by atoms with Crippen molar-refractivity contribution in [3.8, 4) is 11.1 Å². The summed E-state index contributed by atoms with van der Waals surface area (Å²) >= 11 is 0. The molecule has 0 nitrogen and oxygen atoms in total. The van der Waals surface area contributed by atoms with Crippen LogP contribution in [0.25, 0.3) is 11.1 Å². The van der Waals surface area contributed by atoms with Gasteiger partial charge in [0.25, 0.3) is 0 Å². The van der Waals surface area contributed by atoms with E-state index in [2.05, 4.69) is 55.5 Å². The summed E-state index contributed by atoms with van der Waals surface area (Å²) in [5.41, 5.74) is 5.45. The summed E-state index contributed by atoms with van der Waals surface area (Å²) in [7, 11) is 0. The minimum absolute atomic E-state index is 0.202. The molecule has 2 aromatic carbocycles. The topological polar surface area (TPSA) is 0 Å². The lowest BCUT2D eigenvalue weighted by Crippen LogP contribution is -2.17. The Morgan fingerprint density at radius 3 is 1.67 bits per heavy atom. The Kier molecular flexibility index (Phi) is 11.4. The summed E-state index contributed by atoms with van der Waals surface area (Å²) in [5, 5.41) is 0. The van der Waals surface area contributed by atoms with Crippen LogP contribution in [0.3, 0.4) is 0 Å². The van der Waals surface area contributed by atoms with E-state index in [1.54, 1.807) is 5.56 Å². The van der Waals surface area contributed by atoms with Crippen LogP contribution in [0.4, 0.5) is 4.39 Å². The Bertz CT molecular complexity index is 835. The summed E-state index contributed by atoms with van der Waals surface area (Å²) < 4.78 is 12.3. The molecule has 4 rings (SSSR count). The first-order chi connectivity index (χ1) is 17.7. The third-order valence-electron chi connectivity index (χ3n) is 9.53. The Morgan fingerprint density at radius 2 is 1.11 bits per heavy atom. The van der Waals surface area contributed by atoms with Crippen molar-refractivity contribution in [3.05, 3.63) is 59.7 Å². The third-order valence-corrected chi connectivity index (χ3v) is 9.53. The maximum absolute atomic E-state index is 12.3. The first-order valence-electron chi connectivity index (χ1n) is 15.5. The smallest absolute Gasteiger partial charge is 0.0894 e. The summed E-state index contributed by atoms with van der Waals surface area (Å²) in [6.45, 7) is 2.12. The number of alkyl halides is 1. The highest BCUT2D eigenvalue weighted by Gasteiger charge is 2.25. The van der Waals surface area contributed by atoms with Crippen LogP contribution in [0, 0.1) is 17.8 Å².